The molecule has 19 heavy (non-hydrogen) atoms. The second-order valence-corrected chi connectivity index (χ2v) is 5.39. The van der Waals surface area contributed by atoms with E-state index in [2.05, 4.69) is 19.9 Å². The monoisotopic (exact) mass is 262 g/mol. The Hall–Kier alpha value is -1.51. The SMILES string of the molecule is CCOc1ccc(CCC2CC2C(=O)O)c(C)c1C. The van der Waals surface area contributed by atoms with Crippen molar-refractivity contribution >= 4 is 5.97 Å². The van der Waals surface area contributed by atoms with E-state index in [9.17, 15) is 4.79 Å². The van der Waals surface area contributed by atoms with E-state index in [4.69, 9.17) is 9.84 Å². The Balaban J connectivity index is 1.98. The summed E-state index contributed by atoms with van der Waals surface area (Å²) in [5.41, 5.74) is 3.79. The van der Waals surface area contributed by atoms with Crippen LogP contribution in [-0.4, -0.2) is 17.7 Å². The first-order chi connectivity index (χ1) is 9.04. The highest BCUT2D eigenvalue weighted by Gasteiger charge is 2.42. The number of aryl methyl sites for hydroxylation is 1. The molecule has 1 fully saturated rings. The minimum absolute atomic E-state index is 0.0934. The van der Waals surface area contributed by atoms with Gasteiger partial charge in [0.15, 0.2) is 0 Å². The fourth-order valence-electron chi connectivity index (χ4n) is 2.64. The topological polar surface area (TPSA) is 46.5 Å². The molecule has 0 amide bonds. The lowest BCUT2D eigenvalue weighted by Gasteiger charge is -2.13. The molecule has 0 spiro atoms. The van der Waals surface area contributed by atoms with Gasteiger partial charge in [-0.3, -0.25) is 4.79 Å². The number of carboxylic acid groups (broad SMARTS) is 1. The van der Waals surface area contributed by atoms with E-state index in [-0.39, 0.29) is 5.92 Å². The molecule has 0 bridgehead atoms. The maximum Gasteiger partial charge on any atom is 0.306 e. The summed E-state index contributed by atoms with van der Waals surface area (Å²) < 4.78 is 5.58. The average Bonchev–Trinajstić information content (AvgIpc) is 3.14. The molecule has 104 valence electrons. The normalized spacial score (nSPS) is 21.2. The van der Waals surface area contributed by atoms with Crippen molar-refractivity contribution in [2.45, 2.75) is 40.0 Å². The van der Waals surface area contributed by atoms with E-state index in [0.29, 0.717) is 12.5 Å². The minimum atomic E-state index is -0.635. The number of carbonyl (C=O) groups is 1. The molecular formula is C16H22O3. The lowest BCUT2D eigenvalue weighted by atomic mass is 9.97. The highest BCUT2D eigenvalue weighted by Crippen LogP contribution is 2.42. The molecule has 0 heterocycles. The van der Waals surface area contributed by atoms with Gasteiger partial charge in [-0.25, -0.2) is 0 Å². The average molecular weight is 262 g/mol. The summed E-state index contributed by atoms with van der Waals surface area (Å²) >= 11 is 0. The Kier molecular flexibility index (Phi) is 4.13. The zero-order chi connectivity index (χ0) is 14.0. The number of ether oxygens (including phenoxy) is 1. The van der Waals surface area contributed by atoms with Crippen LogP contribution < -0.4 is 4.74 Å². The molecule has 2 unspecified atom stereocenters. The first-order valence-electron chi connectivity index (χ1n) is 6.99. The summed E-state index contributed by atoms with van der Waals surface area (Å²) in [6.45, 7) is 6.87. The summed E-state index contributed by atoms with van der Waals surface area (Å²) in [5, 5.41) is 8.90. The fraction of sp³-hybridized carbons (Fsp3) is 0.562. The van der Waals surface area contributed by atoms with Crippen molar-refractivity contribution < 1.29 is 14.6 Å². The van der Waals surface area contributed by atoms with E-state index < -0.39 is 5.97 Å². The van der Waals surface area contributed by atoms with Gasteiger partial charge in [0.2, 0.25) is 0 Å². The minimum Gasteiger partial charge on any atom is -0.494 e. The largest absolute Gasteiger partial charge is 0.494 e. The third-order valence-corrected chi connectivity index (χ3v) is 4.17. The van der Waals surface area contributed by atoms with Crippen LogP contribution in [0.1, 0.15) is 36.5 Å². The molecule has 2 atom stereocenters. The molecule has 1 aromatic rings. The molecule has 3 nitrogen and oxygen atoms in total. The number of hydrogen-bond donors (Lipinski definition) is 1. The highest BCUT2D eigenvalue weighted by molar-refractivity contribution is 5.73. The van der Waals surface area contributed by atoms with Crippen molar-refractivity contribution in [3.05, 3.63) is 28.8 Å². The van der Waals surface area contributed by atoms with E-state index in [1.807, 2.05) is 13.0 Å². The molecule has 1 N–H and O–H groups in total. The van der Waals surface area contributed by atoms with Crippen LogP contribution in [0.5, 0.6) is 5.75 Å². The van der Waals surface area contributed by atoms with E-state index in [1.165, 1.54) is 16.7 Å². The maximum absolute atomic E-state index is 10.8. The fourth-order valence-corrected chi connectivity index (χ4v) is 2.64. The lowest BCUT2D eigenvalue weighted by molar-refractivity contribution is -0.138. The predicted molar refractivity (Wildman–Crippen MR) is 74.6 cm³/mol. The van der Waals surface area contributed by atoms with Gasteiger partial charge in [0.25, 0.3) is 0 Å². The molecule has 0 aromatic heterocycles. The van der Waals surface area contributed by atoms with Gasteiger partial charge in [-0.15, -0.1) is 0 Å². The maximum atomic E-state index is 10.8. The van der Waals surface area contributed by atoms with E-state index >= 15 is 0 Å². The Morgan fingerprint density at radius 1 is 1.37 bits per heavy atom. The van der Waals surface area contributed by atoms with Crippen LogP contribution in [0.4, 0.5) is 0 Å². The molecule has 3 heteroatoms. The van der Waals surface area contributed by atoms with Crippen LogP contribution in [0.3, 0.4) is 0 Å². The van der Waals surface area contributed by atoms with Crippen molar-refractivity contribution in [1.29, 1.82) is 0 Å². The van der Waals surface area contributed by atoms with E-state index in [0.717, 1.165) is 25.0 Å². The Morgan fingerprint density at radius 2 is 2.11 bits per heavy atom. The lowest BCUT2D eigenvalue weighted by Crippen LogP contribution is -2.02. The summed E-state index contributed by atoms with van der Waals surface area (Å²) in [6, 6.07) is 4.15. The predicted octanol–water partition coefficient (Wildman–Crippen LogP) is 3.36. The van der Waals surface area contributed by atoms with Gasteiger partial charge < -0.3 is 9.84 Å². The zero-order valence-electron chi connectivity index (χ0n) is 11.9. The molecule has 1 aromatic carbocycles. The molecule has 1 saturated carbocycles. The second-order valence-electron chi connectivity index (χ2n) is 5.39. The number of benzene rings is 1. The Morgan fingerprint density at radius 3 is 2.68 bits per heavy atom. The molecule has 0 radical (unpaired) electrons. The van der Waals surface area contributed by atoms with Crippen molar-refractivity contribution in [2.75, 3.05) is 6.61 Å². The molecule has 2 rings (SSSR count). The summed E-state index contributed by atoms with van der Waals surface area (Å²) in [7, 11) is 0. The van der Waals surface area contributed by atoms with Crippen molar-refractivity contribution in [3.63, 3.8) is 0 Å². The third-order valence-electron chi connectivity index (χ3n) is 4.17. The first-order valence-corrected chi connectivity index (χ1v) is 6.99. The molecule has 0 aliphatic heterocycles. The van der Waals surface area contributed by atoms with Gasteiger partial charge in [-0.2, -0.15) is 0 Å². The standard InChI is InChI=1S/C16H22O3/c1-4-19-15-8-7-12(10(2)11(15)3)5-6-13-9-14(13)16(17)18/h7-8,13-14H,4-6,9H2,1-3H3,(H,17,18). The van der Waals surface area contributed by atoms with Crippen molar-refractivity contribution in [2.24, 2.45) is 11.8 Å². The van der Waals surface area contributed by atoms with Gasteiger partial charge in [-0.05, 0) is 68.7 Å². The van der Waals surface area contributed by atoms with Crippen LogP contribution in [0, 0.1) is 25.7 Å². The number of carboxylic acids is 1. The van der Waals surface area contributed by atoms with Crippen LogP contribution in [-0.2, 0) is 11.2 Å². The quantitative estimate of drug-likeness (QED) is 0.855. The molecular weight excluding hydrogens is 240 g/mol. The third kappa shape index (κ3) is 3.09. The summed E-state index contributed by atoms with van der Waals surface area (Å²) in [4.78, 5) is 10.8. The van der Waals surface area contributed by atoms with Crippen molar-refractivity contribution in [3.8, 4) is 5.75 Å². The van der Waals surface area contributed by atoms with Crippen LogP contribution in [0.25, 0.3) is 0 Å². The second kappa shape index (κ2) is 5.64. The van der Waals surface area contributed by atoms with Gasteiger partial charge in [0.05, 0.1) is 12.5 Å². The first kappa shape index (κ1) is 13.9. The Bertz CT molecular complexity index is 479. The smallest absolute Gasteiger partial charge is 0.306 e. The highest BCUT2D eigenvalue weighted by atomic mass is 16.5. The molecule has 1 aliphatic rings. The van der Waals surface area contributed by atoms with E-state index in [1.54, 1.807) is 0 Å². The number of aliphatic carboxylic acids is 1. The van der Waals surface area contributed by atoms with Gasteiger partial charge in [0, 0.05) is 0 Å². The van der Waals surface area contributed by atoms with Crippen LogP contribution >= 0.6 is 0 Å². The summed E-state index contributed by atoms with van der Waals surface area (Å²) in [6.07, 6.45) is 2.79. The van der Waals surface area contributed by atoms with Gasteiger partial charge >= 0.3 is 5.97 Å². The van der Waals surface area contributed by atoms with Gasteiger partial charge in [0.1, 0.15) is 5.75 Å². The molecule has 1 aliphatic carbocycles. The van der Waals surface area contributed by atoms with Crippen LogP contribution in [0.2, 0.25) is 0 Å². The van der Waals surface area contributed by atoms with Crippen molar-refractivity contribution in [1.82, 2.24) is 0 Å². The molecule has 0 saturated heterocycles. The number of hydrogen-bond acceptors (Lipinski definition) is 2. The van der Waals surface area contributed by atoms with Crippen LogP contribution in [0.15, 0.2) is 12.1 Å². The van der Waals surface area contributed by atoms with Gasteiger partial charge in [-0.1, -0.05) is 6.07 Å². The zero-order valence-corrected chi connectivity index (χ0v) is 11.9. The Labute approximate surface area is 114 Å². The number of rotatable bonds is 6. The summed E-state index contributed by atoms with van der Waals surface area (Å²) in [5.74, 6) is 0.607.